The molecule has 1 atom stereocenters. The van der Waals surface area contributed by atoms with Crippen molar-refractivity contribution in [3.63, 3.8) is 0 Å². The van der Waals surface area contributed by atoms with E-state index in [2.05, 4.69) is 15.9 Å². The van der Waals surface area contributed by atoms with Crippen molar-refractivity contribution in [1.82, 2.24) is 4.57 Å². The SMILES string of the molecule is CCOC(=O)C1=C(c2ccccc2)N=c2s/c(=C/c3ccc(Br)s3)c(=O)n2[C@@H]1c1cccs1. The lowest BCUT2D eigenvalue weighted by molar-refractivity contribution is -0.138. The van der Waals surface area contributed by atoms with Crippen LogP contribution in [0.25, 0.3) is 11.8 Å². The van der Waals surface area contributed by atoms with E-state index in [4.69, 9.17) is 9.73 Å². The fourth-order valence-electron chi connectivity index (χ4n) is 3.69. The highest BCUT2D eigenvalue weighted by molar-refractivity contribution is 9.11. The van der Waals surface area contributed by atoms with E-state index >= 15 is 0 Å². The molecule has 0 radical (unpaired) electrons. The van der Waals surface area contributed by atoms with Gasteiger partial charge in [0.25, 0.3) is 5.56 Å². The zero-order chi connectivity index (χ0) is 22.9. The topological polar surface area (TPSA) is 60.7 Å². The van der Waals surface area contributed by atoms with E-state index < -0.39 is 12.0 Å². The van der Waals surface area contributed by atoms with Gasteiger partial charge in [0.2, 0.25) is 0 Å². The number of thiazole rings is 1. The Bertz CT molecular complexity index is 1530. The Balaban J connectivity index is 1.82. The highest BCUT2D eigenvalue weighted by Crippen LogP contribution is 2.36. The molecule has 33 heavy (non-hydrogen) atoms. The van der Waals surface area contributed by atoms with Gasteiger partial charge < -0.3 is 4.74 Å². The maximum absolute atomic E-state index is 13.6. The molecule has 0 bridgehead atoms. The summed E-state index contributed by atoms with van der Waals surface area (Å²) >= 11 is 7.86. The Morgan fingerprint density at radius 2 is 1.97 bits per heavy atom. The number of carbonyl (C=O) groups excluding carboxylic acids is 1. The van der Waals surface area contributed by atoms with Crippen molar-refractivity contribution in [2.45, 2.75) is 13.0 Å². The highest BCUT2D eigenvalue weighted by atomic mass is 79.9. The lowest BCUT2D eigenvalue weighted by Gasteiger charge is -2.24. The van der Waals surface area contributed by atoms with E-state index in [9.17, 15) is 9.59 Å². The maximum atomic E-state index is 13.6. The second-order valence-corrected chi connectivity index (χ2v) is 11.6. The van der Waals surface area contributed by atoms with Crippen LogP contribution < -0.4 is 14.9 Å². The first-order valence-electron chi connectivity index (χ1n) is 10.1. The number of rotatable bonds is 5. The summed E-state index contributed by atoms with van der Waals surface area (Å²) in [5, 5.41) is 1.94. The van der Waals surface area contributed by atoms with Gasteiger partial charge in [-0.2, -0.15) is 0 Å². The van der Waals surface area contributed by atoms with Crippen LogP contribution >= 0.6 is 49.9 Å². The lowest BCUT2D eigenvalue weighted by Crippen LogP contribution is -2.39. The van der Waals surface area contributed by atoms with Crippen molar-refractivity contribution in [3.8, 4) is 0 Å². The monoisotopic (exact) mass is 556 g/mol. The van der Waals surface area contributed by atoms with Gasteiger partial charge in [-0.05, 0) is 52.5 Å². The summed E-state index contributed by atoms with van der Waals surface area (Å²) in [6.45, 7) is 2.01. The van der Waals surface area contributed by atoms with Crippen LogP contribution in [0.4, 0.5) is 0 Å². The number of hydrogen-bond acceptors (Lipinski definition) is 7. The molecule has 5 rings (SSSR count). The Kier molecular flexibility index (Phi) is 6.29. The summed E-state index contributed by atoms with van der Waals surface area (Å²) in [4.78, 5) is 34.1. The molecule has 0 saturated heterocycles. The van der Waals surface area contributed by atoms with E-state index in [1.807, 2.05) is 66.1 Å². The summed E-state index contributed by atoms with van der Waals surface area (Å²) in [6.07, 6.45) is 1.88. The van der Waals surface area contributed by atoms with E-state index in [0.717, 1.165) is 19.1 Å². The van der Waals surface area contributed by atoms with Crippen LogP contribution in [-0.4, -0.2) is 17.1 Å². The molecule has 4 heterocycles. The molecule has 1 aromatic carbocycles. The summed E-state index contributed by atoms with van der Waals surface area (Å²) < 4.78 is 8.64. The molecule has 4 aromatic rings. The van der Waals surface area contributed by atoms with Gasteiger partial charge in [0.1, 0.15) is 6.04 Å². The third-order valence-corrected chi connectivity index (χ3v) is 8.53. The minimum atomic E-state index is -0.604. The highest BCUT2D eigenvalue weighted by Gasteiger charge is 2.35. The van der Waals surface area contributed by atoms with E-state index in [-0.39, 0.29) is 12.2 Å². The van der Waals surface area contributed by atoms with Crippen LogP contribution in [0, 0.1) is 0 Å². The Morgan fingerprint density at radius 1 is 1.15 bits per heavy atom. The number of esters is 1. The Hall–Kier alpha value is -2.59. The average Bonchev–Trinajstić information content (AvgIpc) is 3.55. The molecule has 9 heteroatoms. The standard InChI is InChI=1S/C24H17BrN2O3S3/c1-2-30-23(29)19-20(14-7-4-3-5-8-14)26-24-27(21(19)16-9-6-12-31-16)22(28)17(33-24)13-15-10-11-18(25)32-15/h3-13,21H,2H2,1H3/b17-13+/t21-/m1/s1. The summed E-state index contributed by atoms with van der Waals surface area (Å²) in [7, 11) is 0. The lowest BCUT2D eigenvalue weighted by atomic mass is 9.97. The fourth-order valence-corrected chi connectivity index (χ4v) is 6.95. The molecular formula is C24H17BrN2O3S3. The number of thiophene rings is 2. The number of halogens is 1. The van der Waals surface area contributed by atoms with Crippen LogP contribution in [0.3, 0.4) is 0 Å². The van der Waals surface area contributed by atoms with Crippen LogP contribution in [0.1, 0.15) is 28.3 Å². The van der Waals surface area contributed by atoms with Gasteiger partial charge in [-0.15, -0.1) is 22.7 Å². The van der Waals surface area contributed by atoms with Crippen molar-refractivity contribution in [1.29, 1.82) is 0 Å². The maximum Gasteiger partial charge on any atom is 0.338 e. The van der Waals surface area contributed by atoms with Gasteiger partial charge in [-0.25, -0.2) is 9.79 Å². The number of ether oxygens (including phenoxy) is 1. The number of hydrogen-bond donors (Lipinski definition) is 0. The number of carbonyl (C=O) groups is 1. The zero-order valence-electron chi connectivity index (χ0n) is 17.4. The van der Waals surface area contributed by atoms with Crippen LogP contribution in [0.2, 0.25) is 0 Å². The van der Waals surface area contributed by atoms with Crippen molar-refractivity contribution >= 4 is 67.7 Å². The first-order valence-corrected chi connectivity index (χ1v) is 13.4. The molecule has 0 saturated carbocycles. The van der Waals surface area contributed by atoms with Gasteiger partial charge in [0.15, 0.2) is 4.80 Å². The van der Waals surface area contributed by atoms with Crippen molar-refractivity contribution in [2.24, 2.45) is 4.99 Å². The summed E-state index contributed by atoms with van der Waals surface area (Å²) in [6, 6.07) is 16.7. The van der Waals surface area contributed by atoms with Gasteiger partial charge in [-0.3, -0.25) is 9.36 Å². The molecule has 1 aliphatic heterocycles. The second-order valence-electron chi connectivity index (χ2n) is 7.09. The van der Waals surface area contributed by atoms with Gasteiger partial charge in [0, 0.05) is 15.3 Å². The van der Waals surface area contributed by atoms with Gasteiger partial charge in [-0.1, -0.05) is 47.7 Å². The molecule has 166 valence electrons. The van der Waals surface area contributed by atoms with Crippen LogP contribution in [-0.2, 0) is 9.53 Å². The van der Waals surface area contributed by atoms with E-state index in [0.29, 0.717) is 20.6 Å². The molecule has 0 spiro atoms. The smallest absolute Gasteiger partial charge is 0.338 e. The predicted molar refractivity (Wildman–Crippen MR) is 137 cm³/mol. The molecule has 0 N–H and O–H groups in total. The molecular weight excluding hydrogens is 540 g/mol. The fraction of sp³-hybridized carbons (Fsp3) is 0.125. The third-order valence-electron chi connectivity index (χ3n) is 5.05. The summed E-state index contributed by atoms with van der Waals surface area (Å²) in [5.74, 6) is -0.463. The number of benzene rings is 1. The van der Waals surface area contributed by atoms with Crippen LogP contribution in [0.15, 0.2) is 79.1 Å². The normalized spacial score (nSPS) is 15.9. The number of aromatic nitrogens is 1. The number of nitrogens with zero attached hydrogens (tertiary/aromatic N) is 2. The molecule has 0 aliphatic carbocycles. The quantitative estimate of drug-likeness (QED) is 0.331. The third kappa shape index (κ3) is 4.21. The van der Waals surface area contributed by atoms with Crippen molar-refractivity contribution < 1.29 is 9.53 Å². The van der Waals surface area contributed by atoms with Crippen molar-refractivity contribution in [3.05, 3.63) is 104 Å². The first kappa shape index (κ1) is 22.2. The second kappa shape index (κ2) is 9.34. The van der Waals surface area contributed by atoms with E-state index in [1.165, 1.54) is 22.7 Å². The first-order chi connectivity index (χ1) is 16.1. The molecule has 1 aliphatic rings. The largest absolute Gasteiger partial charge is 0.463 e. The molecule has 0 fully saturated rings. The number of fused-ring (bicyclic) bond motifs is 1. The molecule has 3 aromatic heterocycles. The van der Waals surface area contributed by atoms with E-state index in [1.54, 1.807) is 22.8 Å². The molecule has 0 amide bonds. The van der Waals surface area contributed by atoms with Crippen LogP contribution in [0.5, 0.6) is 0 Å². The van der Waals surface area contributed by atoms with Gasteiger partial charge >= 0.3 is 5.97 Å². The summed E-state index contributed by atoms with van der Waals surface area (Å²) in [5.41, 5.74) is 1.56. The minimum absolute atomic E-state index is 0.171. The average molecular weight is 558 g/mol. The molecule has 0 unspecified atom stereocenters. The van der Waals surface area contributed by atoms with Crippen molar-refractivity contribution in [2.75, 3.05) is 6.61 Å². The van der Waals surface area contributed by atoms with Gasteiger partial charge in [0.05, 0.1) is 26.2 Å². The Labute approximate surface area is 209 Å². The molecule has 5 nitrogen and oxygen atoms in total. The predicted octanol–water partition coefficient (Wildman–Crippen LogP) is 4.82. The minimum Gasteiger partial charge on any atom is -0.463 e. The Morgan fingerprint density at radius 3 is 2.64 bits per heavy atom. The zero-order valence-corrected chi connectivity index (χ0v) is 21.4.